The van der Waals surface area contributed by atoms with Crippen LogP contribution in [-0.4, -0.2) is 46.2 Å². The number of hydrogen-bond donors (Lipinski definition) is 1. The molecule has 1 N–H and O–H groups in total. The second-order valence-electron chi connectivity index (χ2n) is 5.99. The number of hydrogen-bond acceptors (Lipinski definition) is 4. The lowest BCUT2D eigenvalue weighted by molar-refractivity contribution is 0.173. The van der Waals surface area contributed by atoms with Gasteiger partial charge in [-0.25, -0.2) is 0 Å². The van der Waals surface area contributed by atoms with E-state index in [0.717, 1.165) is 55.0 Å². The van der Waals surface area contributed by atoms with E-state index < -0.39 is 0 Å². The van der Waals surface area contributed by atoms with Crippen molar-refractivity contribution in [1.82, 2.24) is 15.0 Å². The van der Waals surface area contributed by atoms with E-state index in [4.69, 9.17) is 16.7 Å². The Bertz CT molecular complexity index is 659. The lowest BCUT2D eigenvalue weighted by atomic mass is 10.2. The van der Waals surface area contributed by atoms with Crippen molar-refractivity contribution >= 4 is 23.0 Å². The normalized spacial score (nSPS) is 15.7. The van der Waals surface area contributed by atoms with Crippen molar-refractivity contribution in [3.05, 3.63) is 47.3 Å². The Labute approximate surface area is 142 Å². The van der Waals surface area contributed by atoms with Crippen molar-refractivity contribution in [1.29, 1.82) is 0 Å². The minimum atomic E-state index is 0.797. The van der Waals surface area contributed by atoms with Gasteiger partial charge in [0.15, 0.2) is 5.11 Å². The van der Waals surface area contributed by atoms with Gasteiger partial charge in [-0.1, -0.05) is 22.9 Å². The van der Waals surface area contributed by atoms with E-state index in [0.29, 0.717) is 0 Å². The molecule has 0 radical (unpaired) electrons. The summed E-state index contributed by atoms with van der Waals surface area (Å²) in [5.74, 6) is 0.863. The maximum atomic E-state index is 5.53. The summed E-state index contributed by atoms with van der Waals surface area (Å²) in [4.78, 5) is 4.60. The van der Waals surface area contributed by atoms with Crippen LogP contribution in [0.2, 0.25) is 0 Å². The highest BCUT2D eigenvalue weighted by Crippen LogP contribution is 2.12. The summed E-state index contributed by atoms with van der Waals surface area (Å²) in [6.07, 6.45) is 0. The molecule has 2 heterocycles. The zero-order valence-electron chi connectivity index (χ0n) is 13.6. The monoisotopic (exact) mass is 330 g/mol. The fourth-order valence-corrected chi connectivity index (χ4v) is 2.97. The van der Waals surface area contributed by atoms with Crippen molar-refractivity contribution < 1.29 is 4.52 Å². The molecule has 23 heavy (non-hydrogen) atoms. The Morgan fingerprint density at radius 3 is 2.48 bits per heavy atom. The fourth-order valence-electron chi connectivity index (χ4n) is 2.67. The standard InChI is InChI=1S/C17H22N4OS/c1-13-3-5-15(6-4-13)18-17(23)21-9-7-20(8-10-21)12-16-11-14(2)22-19-16/h3-6,11H,7-10,12H2,1-2H3,(H,18,23). The van der Waals surface area contributed by atoms with E-state index in [9.17, 15) is 0 Å². The van der Waals surface area contributed by atoms with Crippen LogP contribution in [0.25, 0.3) is 0 Å². The molecule has 5 nitrogen and oxygen atoms in total. The van der Waals surface area contributed by atoms with Crippen molar-refractivity contribution in [2.45, 2.75) is 20.4 Å². The molecule has 6 heteroatoms. The van der Waals surface area contributed by atoms with E-state index in [1.54, 1.807) is 0 Å². The molecule has 1 saturated heterocycles. The van der Waals surface area contributed by atoms with Crippen LogP contribution in [0, 0.1) is 13.8 Å². The Morgan fingerprint density at radius 2 is 1.87 bits per heavy atom. The zero-order chi connectivity index (χ0) is 16.2. The number of aromatic nitrogens is 1. The van der Waals surface area contributed by atoms with E-state index in [1.807, 2.05) is 13.0 Å². The third-order valence-electron chi connectivity index (χ3n) is 4.02. The van der Waals surface area contributed by atoms with Crippen LogP contribution < -0.4 is 5.32 Å². The van der Waals surface area contributed by atoms with Crippen LogP contribution in [0.3, 0.4) is 0 Å². The predicted octanol–water partition coefficient (Wildman–Crippen LogP) is 2.81. The number of nitrogens with zero attached hydrogens (tertiary/aromatic N) is 3. The minimum Gasteiger partial charge on any atom is -0.361 e. The summed E-state index contributed by atoms with van der Waals surface area (Å²) in [6.45, 7) is 8.64. The van der Waals surface area contributed by atoms with Gasteiger partial charge in [0.05, 0.1) is 5.69 Å². The van der Waals surface area contributed by atoms with E-state index in [-0.39, 0.29) is 0 Å². The number of nitrogens with one attached hydrogen (secondary N) is 1. The first-order valence-corrected chi connectivity index (χ1v) is 8.28. The first-order chi connectivity index (χ1) is 11.1. The molecule has 0 aliphatic carbocycles. The molecule has 0 unspecified atom stereocenters. The van der Waals surface area contributed by atoms with Gasteiger partial charge in [-0.3, -0.25) is 4.90 Å². The van der Waals surface area contributed by atoms with Crippen molar-refractivity contribution in [2.24, 2.45) is 0 Å². The second-order valence-corrected chi connectivity index (χ2v) is 6.37. The van der Waals surface area contributed by atoms with Crippen LogP contribution in [0.4, 0.5) is 5.69 Å². The number of aryl methyl sites for hydroxylation is 2. The van der Waals surface area contributed by atoms with Gasteiger partial charge in [-0.2, -0.15) is 0 Å². The molecule has 0 bridgehead atoms. The molecular formula is C17H22N4OS. The minimum absolute atomic E-state index is 0.797. The Balaban J connectivity index is 1.48. The first-order valence-electron chi connectivity index (χ1n) is 7.87. The quantitative estimate of drug-likeness (QED) is 0.873. The first kappa shape index (κ1) is 16.0. The molecule has 0 atom stereocenters. The third kappa shape index (κ3) is 4.30. The van der Waals surface area contributed by atoms with E-state index in [2.05, 4.69) is 51.5 Å². The number of thiocarbonyl (C=S) groups is 1. The molecule has 122 valence electrons. The molecule has 0 saturated carbocycles. The zero-order valence-corrected chi connectivity index (χ0v) is 14.4. The predicted molar refractivity (Wildman–Crippen MR) is 95.5 cm³/mol. The molecule has 3 rings (SSSR count). The summed E-state index contributed by atoms with van der Waals surface area (Å²) in [7, 11) is 0. The van der Waals surface area contributed by atoms with E-state index >= 15 is 0 Å². The topological polar surface area (TPSA) is 44.5 Å². The van der Waals surface area contributed by atoms with Gasteiger partial charge in [0.25, 0.3) is 0 Å². The van der Waals surface area contributed by atoms with Crippen LogP contribution in [-0.2, 0) is 6.54 Å². The highest BCUT2D eigenvalue weighted by molar-refractivity contribution is 7.80. The Morgan fingerprint density at radius 1 is 1.17 bits per heavy atom. The second kappa shape index (κ2) is 7.10. The Kier molecular flexibility index (Phi) is 4.93. The maximum Gasteiger partial charge on any atom is 0.173 e. The number of piperazine rings is 1. The van der Waals surface area contributed by atoms with Gasteiger partial charge in [0.1, 0.15) is 5.76 Å². The number of anilines is 1. The molecule has 1 aliphatic heterocycles. The lowest BCUT2D eigenvalue weighted by Gasteiger charge is -2.35. The van der Waals surface area contributed by atoms with Gasteiger partial charge < -0.3 is 14.7 Å². The molecule has 0 amide bonds. The highest BCUT2D eigenvalue weighted by atomic mass is 32.1. The van der Waals surface area contributed by atoms with Gasteiger partial charge in [0.2, 0.25) is 0 Å². The van der Waals surface area contributed by atoms with Gasteiger partial charge >= 0.3 is 0 Å². The summed E-state index contributed by atoms with van der Waals surface area (Å²) < 4.78 is 5.12. The Hall–Kier alpha value is -1.92. The van der Waals surface area contributed by atoms with Gasteiger partial charge in [-0.15, -0.1) is 0 Å². The third-order valence-corrected chi connectivity index (χ3v) is 4.38. The summed E-state index contributed by atoms with van der Waals surface area (Å²) in [6, 6.07) is 10.3. The van der Waals surface area contributed by atoms with E-state index in [1.165, 1.54) is 5.56 Å². The molecule has 1 fully saturated rings. The van der Waals surface area contributed by atoms with Gasteiger partial charge in [-0.05, 0) is 38.2 Å². The number of benzene rings is 1. The summed E-state index contributed by atoms with van der Waals surface area (Å²) >= 11 is 5.53. The average molecular weight is 330 g/mol. The van der Waals surface area contributed by atoms with Crippen LogP contribution in [0.15, 0.2) is 34.9 Å². The smallest absolute Gasteiger partial charge is 0.173 e. The molecule has 1 aromatic carbocycles. The SMILES string of the molecule is Cc1ccc(NC(=S)N2CCN(Cc3cc(C)on3)CC2)cc1. The van der Waals surface area contributed by atoms with Gasteiger partial charge in [0, 0.05) is 44.5 Å². The largest absolute Gasteiger partial charge is 0.361 e. The van der Waals surface area contributed by atoms with Crippen LogP contribution >= 0.6 is 12.2 Å². The highest BCUT2D eigenvalue weighted by Gasteiger charge is 2.19. The molecule has 1 aromatic heterocycles. The lowest BCUT2D eigenvalue weighted by Crippen LogP contribution is -2.49. The summed E-state index contributed by atoms with van der Waals surface area (Å²) in [5.41, 5.74) is 3.29. The fraction of sp³-hybridized carbons (Fsp3) is 0.412. The summed E-state index contributed by atoms with van der Waals surface area (Å²) in [5, 5.41) is 8.17. The van der Waals surface area contributed by atoms with Crippen LogP contribution in [0.1, 0.15) is 17.0 Å². The van der Waals surface area contributed by atoms with Crippen LogP contribution in [0.5, 0.6) is 0 Å². The molecular weight excluding hydrogens is 308 g/mol. The molecule has 2 aromatic rings. The molecule has 1 aliphatic rings. The van der Waals surface area contributed by atoms with Crippen molar-refractivity contribution in [2.75, 3.05) is 31.5 Å². The van der Waals surface area contributed by atoms with Crippen molar-refractivity contribution in [3.8, 4) is 0 Å². The molecule has 0 spiro atoms. The average Bonchev–Trinajstić information content (AvgIpc) is 2.95. The maximum absolute atomic E-state index is 5.53. The number of rotatable bonds is 3. The van der Waals surface area contributed by atoms with Crippen molar-refractivity contribution in [3.63, 3.8) is 0 Å².